The lowest BCUT2D eigenvalue weighted by Gasteiger charge is -2.38. The van der Waals surface area contributed by atoms with Crippen LogP contribution in [0.5, 0.6) is 11.5 Å². The van der Waals surface area contributed by atoms with E-state index in [0.29, 0.717) is 76.0 Å². The average Bonchev–Trinajstić information content (AvgIpc) is 3.72. The van der Waals surface area contributed by atoms with E-state index in [1.165, 1.54) is 23.8 Å². The molecule has 14 nitrogen and oxygen atoms in total. The molecule has 2 aliphatic heterocycles. The number of piperazine rings is 1. The number of aromatic nitrogens is 1. The van der Waals surface area contributed by atoms with Crippen LogP contribution in [0.15, 0.2) is 102 Å². The minimum atomic E-state index is -4.78. The number of ether oxygens (including phenoxy) is 2. The molecule has 4 aromatic carbocycles. The van der Waals surface area contributed by atoms with Gasteiger partial charge in [0.1, 0.15) is 16.3 Å². The zero-order valence-electron chi connectivity index (χ0n) is 32.9. The van der Waals surface area contributed by atoms with Gasteiger partial charge in [0, 0.05) is 80.2 Å². The number of rotatable bonds is 13. The van der Waals surface area contributed by atoms with Crippen LogP contribution in [0.4, 0.5) is 17.1 Å². The third-order valence-corrected chi connectivity index (χ3v) is 13.1. The Morgan fingerprint density at radius 2 is 1.73 bits per heavy atom. The van der Waals surface area contributed by atoms with Crippen molar-refractivity contribution in [3.8, 4) is 11.5 Å². The molecule has 1 unspecified atom stereocenters. The highest BCUT2D eigenvalue weighted by Gasteiger charge is 2.38. The number of aromatic amines is 1. The Balaban J connectivity index is 1.18. The molecule has 16 heteroatoms. The Morgan fingerprint density at radius 3 is 2.47 bits per heavy atom. The number of benzene rings is 4. The van der Waals surface area contributed by atoms with Crippen LogP contribution in [0.25, 0.3) is 16.5 Å². The first-order valence-electron chi connectivity index (χ1n) is 20.2. The van der Waals surface area contributed by atoms with E-state index < -0.39 is 43.3 Å². The minimum Gasteiger partial charge on any atom is -0.449 e. The summed E-state index contributed by atoms with van der Waals surface area (Å²) in [4.78, 5) is 33.0. The molecule has 314 valence electrons. The van der Waals surface area contributed by atoms with Gasteiger partial charge in [0.05, 0.1) is 16.7 Å². The van der Waals surface area contributed by atoms with Crippen molar-refractivity contribution >= 4 is 61.1 Å². The summed E-state index contributed by atoms with van der Waals surface area (Å²) in [5.74, 6) is -1.08. The topological polar surface area (TPSA) is 179 Å². The Morgan fingerprint density at radius 1 is 0.983 bits per heavy atom. The van der Waals surface area contributed by atoms with Gasteiger partial charge in [0.15, 0.2) is 0 Å². The van der Waals surface area contributed by atoms with Crippen LogP contribution >= 0.6 is 11.6 Å². The molecular weight excluding hydrogens is 808 g/mol. The van der Waals surface area contributed by atoms with Crippen molar-refractivity contribution < 1.29 is 32.7 Å². The smallest absolute Gasteiger partial charge is 0.338 e. The first-order valence-corrected chi connectivity index (χ1v) is 22.0. The number of allylic oxidation sites excluding steroid dienone is 1. The average molecular weight is 855 g/mol. The summed E-state index contributed by atoms with van der Waals surface area (Å²) in [6.07, 6.45) is 4.80. The number of nitrogens with zero attached hydrogens (tertiary/aromatic N) is 3. The van der Waals surface area contributed by atoms with Crippen molar-refractivity contribution in [1.82, 2.24) is 14.6 Å². The number of amides is 1. The van der Waals surface area contributed by atoms with Gasteiger partial charge in [-0.15, -0.1) is 0 Å². The third kappa shape index (κ3) is 9.30. The van der Waals surface area contributed by atoms with Crippen molar-refractivity contribution in [3.05, 3.63) is 123 Å². The van der Waals surface area contributed by atoms with Crippen LogP contribution in [0.2, 0.25) is 5.02 Å². The van der Waals surface area contributed by atoms with E-state index in [0.717, 1.165) is 41.3 Å². The number of H-pyrrole nitrogens is 1. The van der Waals surface area contributed by atoms with E-state index >= 15 is 0 Å². The fourth-order valence-corrected chi connectivity index (χ4v) is 9.57. The van der Waals surface area contributed by atoms with Gasteiger partial charge in [0.25, 0.3) is 15.9 Å². The monoisotopic (exact) mass is 854 g/mol. The Kier molecular flexibility index (Phi) is 12.4. The van der Waals surface area contributed by atoms with Crippen LogP contribution in [0.3, 0.4) is 0 Å². The molecule has 0 bridgehead atoms. The zero-order valence-corrected chi connectivity index (χ0v) is 34.5. The molecule has 1 aliphatic carbocycles. The highest BCUT2D eigenvalue weighted by Crippen LogP contribution is 2.49. The number of nitro groups is 1. The summed E-state index contributed by atoms with van der Waals surface area (Å²) in [5.41, 5.74) is 4.22. The zero-order chi connectivity index (χ0) is 41.8. The molecule has 0 radical (unpaired) electrons. The summed E-state index contributed by atoms with van der Waals surface area (Å²) < 4.78 is 42.9. The molecule has 3 heterocycles. The number of aliphatic hydroxyl groups is 1. The standard InChI is InChI=1S/C44H47ClN6O8S/c45-34-8-6-30(7-9-34)37-12-10-35(52)24-33(37)28-49-18-20-50(21-19-49)39-26-40(60(56,57)48-44(53)31-4-2-1-3-5-31)43(59-36-11-13-38-32(25-36)14-17-46-38)42(51(54)55)41(39)47-27-29-15-22-58-23-16-29/h1-9,11,13-14,17,25-26,29,35,46-47,52H,10,12,15-16,18-24,27-28H2,(H,48,53). The van der Waals surface area contributed by atoms with E-state index in [9.17, 15) is 28.4 Å². The SMILES string of the molecule is O=C(NS(=O)(=O)c1cc(N2CCN(CC3=C(c4ccc(Cl)cc4)CCC(O)C3)CC2)c(NCC2CCOCC2)c([N+](=O)[O-])c1Oc1ccc2[nH]ccc2c1)c1ccccc1. The maximum atomic E-state index is 14.5. The van der Waals surface area contributed by atoms with Crippen molar-refractivity contribution in [1.29, 1.82) is 0 Å². The van der Waals surface area contributed by atoms with E-state index in [2.05, 4.69) is 19.9 Å². The van der Waals surface area contributed by atoms with E-state index in [1.807, 2.05) is 35.2 Å². The van der Waals surface area contributed by atoms with Crippen LogP contribution in [-0.4, -0.2) is 92.8 Å². The van der Waals surface area contributed by atoms with Gasteiger partial charge in [0.2, 0.25) is 5.75 Å². The van der Waals surface area contributed by atoms with Crippen LogP contribution in [0.1, 0.15) is 48.0 Å². The van der Waals surface area contributed by atoms with Gasteiger partial charge in [-0.05, 0) is 109 Å². The lowest BCUT2D eigenvalue weighted by Crippen LogP contribution is -2.47. The normalized spacial score (nSPS) is 18.1. The number of fused-ring (bicyclic) bond motifs is 1. The molecule has 5 aromatic rings. The molecular formula is C44H47ClN6O8S. The molecule has 1 amide bonds. The number of hydrogen-bond donors (Lipinski definition) is 4. The number of carbonyl (C=O) groups is 1. The molecule has 60 heavy (non-hydrogen) atoms. The first-order chi connectivity index (χ1) is 29.0. The van der Waals surface area contributed by atoms with E-state index in [4.69, 9.17) is 21.1 Å². The molecule has 2 fully saturated rings. The molecule has 1 aromatic heterocycles. The number of nitro benzene ring substituents is 1. The summed E-state index contributed by atoms with van der Waals surface area (Å²) >= 11 is 6.19. The minimum absolute atomic E-state index is 0.0989. The van der Waals surface area contributed by atoms with E-state index in [-0.39, 0.29) is 22.9 Å². The molecule has 2 saturated heterocycles. The van der Waals surface area contributed by atoms with Crippen molar-refractivity contribution in [3.63, 3.8) is 0 Å². The van der Waals surface area contributed by atoms with Crippen molar-refractivity contribution in [2.24, 2.45) is 5.92 Å². The Hall–Kier alpha value is -5.45. The fourth-order valence-electron chi connectivity index (χ4n) is 8.32. The Labute approximate surface area is 353 Å². The number of aliphatic hydroxyl groups excluding tert-OH is 1. The van der Waals surface area contributed by atoms with Gasteiger partial charge >= 0.3 is 5.69 Å². The largest absolute Gasteiger partial charge is 0.449 e. The van der Waals surface area contributed by atoms with Gasteiger partial charge in [-0.25, -0.2) is 13.1 Å². The van der Waals surface area contributed by atoms with E-state index in [1.54, 1.807) is 42.6 Å². The predicted molar refractivity (Wildman–Crippen MR) is 231 cm³/mol. The van der Waals surface area contributed by atoms with Crippen LogP contribution < -0.4 is 19.7 Å². The number of hydrogen-bond acceptors (Lipinski definition) is 11. The summed E-state index contributed by atoms with van der Waals surface area (Å²) in [6, 6.07) is 23.8. The second-order valence-electron chi connectivity index (χ2n) is 15.5. The summed E-state index contributed by atoms with van der Waals surface area (Å²) in [5, 5.41) is 28.9. The second-order valence-corrected chi connectivity index (χ2v) is 17.6. The molecule has 0 spiro atoms. The maximum Gasteiger partial charge on any atom is 0.338 e. The molecule has 4 N–H and O–H groups in total. The number of halogens is 1. The molecule has 8 rings (SSSR count). The number of nitrogens with one attached hydrogen (secondary N) is 3. The van der Waals surface area contributed by atoms with Gasteiger partial charge in [-0.2, -0.15) is 0 Å². The molecule has 3 aliphatic rings. The molecule has 1 atom stereocenters. The van der Waals surface area contributed by atoms with Gasteiger partial charge < -0.3 is 29.8 Å². The number of carbonyl (C=O) groups excluding carboxylic acids is 1. The highest BCUT2D eigenvalue weighted by molar-refractivity contribution is 7.90. The first kappa shape index (κ1) is 41.3. The fraction of sp³-hybridized carbons (Fsp3) is 0.341. The predicted octanol–water partition coefficient (Wildman–Crippen LogP) is 7.60. The summed E-state index contributed by atoms with van der Waals surface area (Å²) in [6.45, 7) is 4.10. The Bertz CT molecular complexity index is 2500. The van der Waals surface area contributed by atoms with Gasteiger partial charge in [-0.1, -0.05) is 41.9 Å². The lowest BCUT2D eigenvalue weighted by atomic mass is 9.85. The van der Waals surface area contributed by atoms with Crippen LogP contribution in [-0.2, 0) is 14.8 Å². The molecule has 0 saturated carbocycles. The van der Waals surface area contributed by atoms with Crippen molar-refractivity contribution in [2.75, 3.05) is 62.7 Å². The maximum absolute atomic E-state index is 14.5. The lowest BCUT2D eigenvalue weighted by molar-refractivity contribution is -0.384. The highest BCUT2D eigenvalue weighted by atomic mass is 35.5. The second kappa shape index (κ2) is 18.0. The van der Waals surface area contributed by atoms with Gasteiger partial charge in [-0.3, -0.25) is 19.8 Å². The number of anilines is 2. The van der Waals surface area contributed by atoms with Crippen molar-refractivity contribution in [2.45, 2.75) is 43.1 Å². The number of sulfonamides is 1. The third-order valence-electron chi connectivity index (χ3n) is 11.5. The quantitative estimate of drug-likeness (QED) is 0.0677. The van der Waals surface area contributed by atoms with Crippen LogP contribution in [0, 0.1) is 16.0 Å². The summed E-state index contributed by atoms with van der Waals surface area (Å²) in [7, 11) is -4.78.